The smallest absolute Gasteiger partial charge is 0.257 e. The molecule has 0 bridgehead atoms. The van der Waals surface area contributed by atoms with E-state index in [2.05, 4.69) is 36.1 Å². The molecule has 1 aromatic heterocycles. The Morgan fingerprint density at radius 2 is 1.91 bits per heavy atom. The van der Waals surface area contributed by atoms with Crippen LogP contribution in [0.25, 0.3) is 0 Å². The van der Waals surface area contributed by atoms with Crippen molar-refractivity contribution in [3.05, 3.63) is 92.5 Å². The highest BCUT2D eigenvalue weighted by atomic mass is 79.9. The number of amidine groups is 1. The Morgan fingerprint density at radius 3 is 2.56 bits per heavy atom. The molecule has 0 spiro atoms. The van der Waals surface area contributed by atoms with Crippen LogP contribution in [0.1, 0.15) is 31.8 Å². The van der Waals surface area contributed by atoms with Gasteiger partial charge >= 0.3 is 0 Å². The van der Waals surface area contributed by atoms with Crippen LogP contribution in [-0.2, 0) is 6.42 Å². The highest BCUT2D eigenvalue weighted by molar-refractivity contribution is 9.10. The lowest BCUT2D eigenvalue weighted by molar-refractivity contribution is 0.0992. The summed E-state index contributed by atoms with van der Waals surface area (Å²) in [5, 5.41) is 3.23. The lowest BCUT2D eigenvalue weighted by Crippen LogP contribution is -2.23. The number of aromatic nitrogens is 1. The number of ketones is 1. The Hall–Kier alpha value is -3.03. The molecule has 0 unspecified atom stereocenters. The fourth-order valence-corrected chi connectivity index (χ4v) is 3.94. The first-order valence-corrected chi connectivity index (χ1v) is 11.2. The van der Waals surface area contributed by atoms with Gasteiger partial charge in [-0.05, 0) is 29.8 Å². The van der Waals surface area contributed by atoms with Crippen molar-refractivity contribution in [1.82, 2.24) is 9.88 Å². The number of hydrogen-bond donors (Lipinski definition) is 1. The summed E-state index contributed by atoms with van der Waals surface area (Å²) in [5.41, 5.74) is 2.61. The number of pyridine rings is 1. The van der Waals surface area contributed by atoms with Gasteiger partial charge in [-0.3, -0.25) is 14.6 Å². The SMILES string of the molecule is CN1CCN=C1c1ccc(C(=O)Cc2ccc(Br)cc2C(=O)Nc2ccc(Cl)cn2)cc1. The molecule has 0 fully saturated rings. The molecule has 1 N–H and O–H groups in total. The number of hydrogen-bond acceptors (Lipinski definition) is 5. The van der Waals surface area contributed by atoms with Crippen LogP contribution < -0.4 is 5.32 Å². The number of carbonyl (C=O) groups is 2. The molecule has 6 nitrogen and oxygen atoms in total. The van der Waals surface area contributed by atoms with E-state index in [0.717, 1.165) is 29.0 Å². The van der Waals surface area contributed by atoms with Crippen LogP contribution in [0.3, 0.4) is 0 Å². The van der Waals surface area contributed by atoms with Crippen LogP contribution in [0.2, 0.25) is 5.02 Å². The lowest BCUT2D eigenvalue weighted by Gasteiger charge is -2.14. The van der Waals surface area contributed by atoms with Crippen molar-refractivity contribution >= 4 is 50.9 Å². The molecule has 0 saturated carbocycles. The number of nitrogens with zero attached hydrogens (tertiary/aromatic N) is 3. The fraction of sp³-hybridized carbons (Fsp3) is 0.167. The first-order valence-electron chi connectivity index (χ1n) is 10.0. The number of aliphatic imine (C=N–C) groups is 1. The molecule has 32 heavy (non-hydrogen) atoms. The Labute approximate surface area is 199 Å². The number of likely N-dealkylation sites (N-methyl/N-ethyl adjacent to an activating group) is 1. The Kier molecular flexibility index (Phi) is 6.67. The molecule has 4 rings (SSSR count). The van der Waals surface area contributed by atoms with Gasteiger partial charge in [0.25, 0.3) is 5.91 Å². The van der Waals surface area contributed by atoms with Crippen LogP contribution in [0.4, 0.5) is 5.82 Å². The number of carbonyl (C=O) groups excluding carboxylic acids is 2. The zero-order valence-electron chi connectivity index (χ0n) is 17.3. The van der Waals surface area contributed by atoms with E-state index in [1.54, 1.807) is 24.3 Å². The van der Waals surface area contributed by atoms with Crippen molar-refractivity contribution in [3.8, 4) is 0 Å². The molecule has 0 saturated heterocycles. The van der Waals surface area contributed by atoms with Crippen LogP contribution in [0.15, 0.2) is 70.3 Å². The second-order valence-corrected chi connectivity index (χ2v) is 8.77. The number of rotatable bonds is 6. The molecule has 8 heteroatoms. The monoisotopic (exact) mass is 510 g/mol. The molecular formula is C24H20BrClN4O2. The maximum Gasteiger partial charge on any atom is 0.257 e. The van der Waals surface area contributed by atoms with Crippen molar-refractivity contribution in [2.45, 2.75) is 6.42 Å². The third-order valence-corrected chi connectivity index (χ3v) is 5.88. The van der Waals surface area contributed by atoms with Gasteiger partial charge in [-0.15, -0.1) is 0 Å². The van der Waals surface area contributed by atoms with Crippen LogP contribution >= 0.6 is 27.5 Å². The predicted octanol–water partition coefficient (Wildman–Crippen LogP) is 4.87. The van der Waals surface area contributed by atoms with Crippen LogP contribution in [0.5, 0.6) is 0 Å². The molecule has 2 heterocycles. The molecule has 1 aliphatic rings. The molecule has 3 aromatic rings. The summed E-state index contributed by atoms with van der Waals surface area (Å²) in [5.74, 6) is 0.902. The second kappa shape index (κ2) is 9.63. The predicted molar refractivity (Wildman–Crippen MR) is 130 cm³/mol. The molecule has 0 radical (unpaired) electrons. The standard InChI is InChI=1S/C24H20BrClN4O2/c1-30-11-10-27-23(30)16-4-2-15(3-5-16)21(31)12-17-6-7-18(25)13-20(17)24(32)29-22-9-8-19(26)14-28-22/h2-9,13-14H,10-12H2,1H3,(H,28,29,32). The number of amides is 1. The van der Waals surface area contributed by atoms with Crippen LogP contribution in [0, 0.1) is 0 Å². The van der Waals surface area contributed by atoms with Gasteiger partial charge in [0.15, 0.2) is 5.78 Å². The van der Waals surface area contributed by atoms with Gasteiger partial charge in [0.2, 0.25) is 0 Å². The van der Waals surface area contributed by atoms with Crippen molar-refractivity contribution < 1.29 is 9.59 Å². The van der Waals surface area contributed by atoms with Gasteiger partial charge in [0.1, 0.15) is 11.7 Å². The summed E-state index contributed by atoms with van der Waals surface area (Å²) in [4.78, 5) is 36.5. The Bertz CT molecular complexity index is 1190. The highest BCUT2D eigenvalue weighted by Gasteiger charge is 2.18. The van der Waals surface area contributed by atoms with Crippen LogP contribution in [-0.4, -0.2) is 47.5 Å². The first-order chi connectivity index (χ1) is 15.4. The van der Waals surface area contributed by atoms with Crippen molar-refractivity contribution in [1.29, 1.82) is 0 Å². The summed E-state index contributed by atoms with van der Waals surface area (Å²) < 4.78 is 0.744. The van der Waals surface area contributed by atoms with E-state index in [1.807, 2.05) is 37.4 Å². The Balaban J connectivity index is 1.52. The average Bonchev–Trinajstić information content (AvgIpc) is 3.22. The summed E-state index contributed by atoms with van der Waals surface area (Å²) in [6.07, 6.45) is 1.56. The van der Waals surface area contributed by atoms with Crippen molar-refractivity contribution in [2.75, 3.05) is 25.5 Å². The first kappa shape index (κ1) is 22.2. The Morgan fingerprint density at radius 1 is 1.12 bits per heavy atom. The number of anilines is 1. The molecule has 1 amide bonds. The van der Waals surface area contributed by atoms with Gasteiger partial charge in [0.05, 0.1) is 11.6 Å². The zero-order valence-corrected chi connectivity index (χ0v) is 19.7. The van der Waals surface area contributed by atoms with Crippen molar-refractivity contribution in [2.24, 2.45) is 4.99 Å². The van der Waals surface area contributed by atoms with E-state index in [4.69, 9.17) is 11.6 Å². The summed E-state index contributed by atoms with van der Waals surface area (Å²) in [6.45, 7) is 1.68. The van der Waals surface area contributed by atoms with Gasteiger partial charge in [-0.2, -0.15) is 0 Å². The topological polar surface area (TPSA) is 74.7 Å². The fourth-order valence-electron chi connectivity index (χ4n) is 3.47. The number of halogens is 2. The summed E-state index contributed by atoms with van der Waals surface area (Å²) >= 11 is 9.26. The molecule has 162 valence electrons. The number of Topliss-reactive ketones (excluding diaryl/α,β-unsaturated/α-hetero) is 1. The third-order valence-electron chi connectivity index (χ3n) is 5.16. The number of nitrogens with one attached hydrogen (secondary N) is 1. The quantitative estimate of drug-likeness (QED) is 0.479. The molecule has 0 aliphatic carbocycles. The number of benzene rings is 2. The lowest BCUT2D eigenvalue weighted by atomic mass is 9.97. The molecule has 1 aliphatic heterocycles. The van der Waals surface area contributed by atoms with E-state index >= 15 is 0 Å². The normalized spacial score (nSPS) is 13.1. The minimum absolute atomic E-state index is 0.0701. The molecule has 0 atom stereocenters. The minimum Gasteiger partial charge on any atom is -0.358 e. The van der Waals surface area contributed by atoms with E-state index in [1.165, 1.54) is 6.20 Å². The van der Waals surface area contributed by atoms with Gasteiger partial charge < -0.3 is 10.2 Å². The van der Waals surface area contributed by atoms with E-state index in [0.29, 0.717) is 27.5 Å². The summed E-state index contributed by atoms with van der Waals surface area (Å²) in [6, 6.07) is 16.0. The van der Waals surface area contributed by atoms with Gasteiger partial charge in [0, 0.05) is 47.4 Å². The average molecular weight is 512 g/mol. The maximum atomic E-state index is 13.0. The zero-order chi connectivity index (χ0) is 22.7. The van der Waals surface area contributed by atoms with E-state index < -0.39 is 0 Å². The summed E-state index contributed by atoms with van der Waals surface area (Å²) in [7, 11) is 2.00. The van der Waals surface area contributed by atoms with E-state index in [-0.39, 0.29) is 18.1 Å². The molecule has 2 aromatic carbocycles. The maximum absolute atomic E-state index is 13.0. The second-order valence-electron chi connectivity index (χ2n) is 7.42. The molecular weight excluding hydrogens is 492 g/mol. The minimum atomic E-state index is -0.346. The highest BCUT2D eigenvalue weighted by Crippen LogP contribution is 2.21. The largest absolute Gasteiger partial charge is 0.358 e. The van der Waals surface area contributed by atoms with E-state index in [9.17, 15) is 9.59 Å². The van der Waals surface area contributed by atoms with Crippen molar-refractivity contribution in [3.63, 3.8) is 0 Å². The van der Waals surface area contributed by atoms with Gasteiger partial charge in [-0.1, -0.05) is 57.9 Å². The van der Waals surface area contributed by atoms with Gasteiger partial charge in [-0.25, -0.2) is 4.98 Å². The third kappa shape index (κ3) is 5.06.